The van der Waals surface area contributed by atoms with E-state index in [1.54, 1.807) is 0 Å². The molecule has 1 unspecified atom stereocenters. The third-order valence-electron chi connectivity index (χ3n) is 6.51. The van der Waals surface area contributed by atoms with Crippen molar-refractivity contribution in [3.05, 3.63) is 0 Å². The van der Waals surface area contributed by atoms with E-state index >= 15 is 0 Å². The molecule has 0 saturated carbocycles. The molecule has 0 fully saturated rings. The maximum absolute atomic E-state index is 11.8. The van der Waals surface area contributed by atoms with Crippen LogP contribution < -0.4 is 0 Å². The van der Waals surface area contributed by atoms with Crippen LogP contribution in [0.3, 0.4) is 0 Å². The second kappa shape index (κ2) is 18.5. The fraction of sp³-hybridized carbons (Fsp3) is 0.962. The molecule has 0 rings (SSSR count). The van der Waals surface area contributed by atoms with Gasteiger partial charge in [0.15, 0.2) is 0 Å². The Morgan fingerprint density at radius 1 is 0.643 bits per heavy atom. The van der Waals surface area contributed by atoms with Crippen LogP contribution in [0.1, 0.15) is 150 Å². The average molecular weight is 397 g/mol. The van der Waals surface area contributed by atoms with Gasteiger partial charge < -0.3 is 5.11 Å². The molecule has 0 amide bonds. The van der Waals surface area contributed by atoms with Crippen LogP contribution in [0.4, 0.5) is 0 Å². The standard InChI is InChI=1S/C26H52O2/c1-5-7-9-11-13-15-17-19-21-23-26(3,4)24(25(27)28)22-20-18-16-14-12-10-8-6-2/h24H,5-23H2,1-4H3,(H,27,28). The molecule has 0 aromatic rings. The molecule has 0 saturated heterocycles. The van der Waals surface area contributed by atoms with Crippen molar-refractivity contribution in [2.75, 3.05) is 0 Å². The van der Waals surface area contributed by atoms with Crippen molar-refractivity contribution in [2.45, 2.75) is 150 Å². The number of carboxylic acids is 1. The molecule has 0 bridgehead atoms. The Hall–Kier alpha value is -0.530. The summed E-state index contributed by atoms with van der Waals surface area (Å²) < 4.78 is 0. The van der Waals surface area contributed by atoms with Gasteiger partial charge in [-0.2, -0.15) is 0 Å². The van der Waals surface area contributed by atoms with Crippen molar-refractivity contribution in [1.29, 1.82) is 0 Å². The summed E-state index contributed by atoms with van der Waals surface area (Å²) in [7, 11) is 0. The van der Waals surface area contributed by atoms with E-state index in [1.807, 2.05) is 0 Å². The number of unbranched alkanes of at least 4 members (excludes halogenated alkanes) is 15. The second-order valence-electron chi connectivity index (χ2n) is 9.72. The molecule has 28 heavy (non-hydrogen) atoms. The van der Waals surface area contributed by atoms with E-state index in [4.69, 9.17) is 0 Å². The minimum Gasteiger partial charge on any atom is -0.481 e. The van der Waals surface area contributed by atoms with Crippen LogP contribution in [0.15, 0.2) is 0 Å². The van der Waals surface area contributed by atoms with Gasteiger partial charge in [-0.05, 0) is 18.3 Å². The first kappa shape index (κ1) is 27.5. The number of rotatable bonds is 21. The zero-order chi connectivity index (χ0) is 21.1. The van der Waals surface area contributed by atoms with E-state index in [2.05, 4.69) is 27.7 Å². The fourth-order valence-corrected chi connectivity index (χ4v) is 4.40. The molecular formula is C26H52O2. The molecule has 0 aliphatic heterocycles. The third kappa shape index (κ3) is 15.4. The first-order chi connectivity index (χ1) is 13.5. The molecular weight excluding hydrogens is 344 g/mol. The number of hydrogen-bond donors (Lipinski definition) is 1. The summed E-state index contributed by atoms with van der Waals surface area (Å²) in [6.45, 7) is 8.88. The highest BCUT2D eigenvalue weighted by Gasteiger charge is 2.33. The lowest BCUT2D eigenvalue weighted by Crippen LogP contribution is -2.31. The highest BCUT2D eigenvalue weighted by molar-refractivity contribution is 5.70. The van der Waals surface area contributed by atoms with Crippen molar-refractivity contribution in [1.82, 2.24) is 0 Å². The van der Waals surface area contributed by atoms with Gasteiger partial charge in [-0.3, -0.25) is 4.79 Å². The highest BCUT2D eigenvalue weighted by Crippen LogP contribution is 2.36. The van der Waals surface area contributed by atoms with Gasteiger partial charge in [-0.1, -0.05) is 137 Å². The van der Waals surface area contributed by atoms with Crippen LogP contribution in [-0.2, 0) is 4.79 Å². The summed E-state index contributed by atoms with van der Waals surface area (Å²) in [5.74, 6) is -0.759. The van der Waals surface area contributed by atoms with Gasteiger partial charge in [0, 0.05) is 0 Å². The molecule has 0 aromatic heterocycles. The Labute approximate surface area is 177 Å². The predicted octanol–water partition coefficient (Wildman–Crippen LogP) is 9.17. The zero-order valence-electron chi connectivity index (χ0n) is 19.9. The van der Waals surface area contributed by atoms with Gasteiger partial charge in [-0.15, -0.1) is 0 Å². The van der Waals surface area contributed by atoms with E-state index in [0.29, 0.717) is 0 Å². The maximum atomic E-state index is 11.8. The topological polar surface area (TPSA) is 37.3 Å². The SMILES string of the molecule is CCCCCCCCCCCC(C)(C)C(CCCCCCCCCC)C(=O)O. The molecule has 0 radical (unpaired) electrons. The van der Waals surface area contributed by atoms with E-state index in [-0.39, 0.29) is 11.3 Å². The minimum atomic E-state index is -0.580. The predicted molar refractivity (Wildman–Crippen MR) is 124 cm³/mol. The molecule has 2 heteroatoms. The summed E-state index contributed by atoms with van der Waals surface area (Å²) in [4.78, 5) is 11.8. The van der Waals surface area contributed by atoms with E-state index in [0.717, 1.165) is 19.3 Å². The Morgan fingerprint density at radius 3 is 1.39 bits per heavy atom. The normalized spacial score (nSPS) is 13.0. The second-order valence-corrected chi connectivity index (χ2v) is 9.72. The summed E-state index contributed by atoms with van der Waals surface area (Å²) in [5, 5.41) is 9.75. The first-order valence-corrected chi connectivity index (χ1v) is 12.7. The van der Waals surface area contributed by atoms with Gasteiger partial charge in [0.05, 0.1) is 5.92 Å². The highest BCUT2D eigenvalue weighted by atomic mass is 16.4. The lowest BCUT2D eigenvalue weighted by atomic mass is 9.72. The molecule has 1 atom stereocenters. The van der Waals surface area contributed by atoms with Crippen LogP contribution in [0, 0.1) is 11.3 Å². The number of aliphatic carboxylic acids is 1. The molecule has 0 aromatic carbocycles. The molecule has 2 nitrogen and oxygen atoms in total. The van der Waals surface area contributed by atoms with Crippen molar-refractivity contribution < 1.29 is 9.90 Å². The Morgan fingerprint density at radius 2 is 1.00 bits per heavy atom. The minimum absolute atomic E-state index is 0.0753. The third-order valence-corrected chi connectivity index (χ3v) is 6.51. The average Bonchev–Trinajstić information content (AvgIpc) is 2.65. The van der Waals surface area contributed by atoms with Crippen molar-refractivity contribution in [3.63, 3.8) is 0 Å². The molecule has 0 aliphatic rings. The summed E-state index contributed by atoms with van der Waals surface area (Å²) in [6, 6.07) is 0. The van der Waals surface area contributed by atoms with Gasteiger partial charge in [0.2, 0.25) is 0 Å². The summed E-state index contributed by atoms with van der Waals surface area (Å²) >= 11 is 0. The first-order valence-electron chi connectivity index (χ1n) is 12.7. The zero-order valence-corrected chi connectivity index (χ0v) is 19.9. The quantitative estimate of drug-likeness (QED) is 0.196. The Kier molecular flexibility index (Phi) is 18.1. The van der Waals surface area contributed by atoms with Gasteiger partial charge in [-0.25, -0.2) is 0 Å². The van der Waals surface area contributed by atoms with Gasteiger partial charge in [0.25, 0.3) is 0 Å². The summed E-state index contributed by atoms with van der Waals surface area (Å²) in [5.41, 5.74) is -0.0753. The maximum Gasteiger partial charge on any atom is 0.307 e. The van der Waals surface area contributed by atoms with Crippen LogP contribution in [0.25, 0.3) is 0 Å². The van der Waals surface area contributed by atoms with Gasteiger partial charge in [0.1, 0.15) is 0 Å². The van der Waals surface area contributed by atoms with Crippen LogP contribution in [0.5, 0.6) is 0 Å². The van der Waals surface area contributed by atoms with Crippen LogP contribution in [0.2, 0.25) is 0 Å². The largest absolute Gasteiger partial charge is 0.481 e. The Balaban J connectivity index is 3.89. The summed E-state index contributed by atoms with van der Waals surface area (Å²) in [6.07, 6.45) is 24.1. The van der Waals surface area contributed by atoms with E-state index in [1.165, 1.54) is 103 Å². The molecule has 0 spiro atoms. The molecule has 0 heterocycles. The molecule has 168 valence electrons. The van der Waals surface area contributed by atoms with Crippen molar-refractivity contribution in [2.24, 2.45) is 11.3 Å². The number of carbonyl (C=O) groups is 1. The number of carboxylic acid groups (broad SMARTS) is 1. The lowest BCUT2D eigenvalue weighted by molar-refractivity contribution is -0.146. The molecule has 1 N–H and O–H groups in total. The van der Waals surface area contributed by atoms with Crippen molar-refractivity contribution in [3.8, 4) is 0 Å². The smallest absolute Gasteiger partial charge is 0.307 e. The van der Waals surface area contributed by atoms with Gasteiger partial charge >= 0.3 is 5.97 Å². The van der Waals surface area contributed by atoms with Crippen LogP contribution >= 0.6 is 0 Å². The van der Waals surface area contributed by atoms with Crippen molar-refractivity contribution >= 4 is 5.97 Å². The van der Waals surface area contributed by atoms with Crippen LogP contribution in [-0.4, -0.2) is 11.1 Å². The lowest BCUT2D eigenvalue weighted by Gasteiger charge is -2.31. The molecule has 0 aliphatic carbocycles. The monoisotopic (exact) mass is 396 g/mol. The fourth-order valence-electron chi connectivity index (χ4n) is 4.40. The number of hydrogen-bond acceptors (Lipinski definition) is 1. The van der Waals surface area contributed by atoms with E-state index in [9.17, 15) is 9.90 Å². The Bertz CT molecular complexity index is 348. The van der Waals surface area contributed by atoms with E-state index < -0.39 is 5.97 Å².